The first kappa shape index (κ1) is 67.3. The van der Waals surface area contributed by atoms with Gasteiger partial charge in [-0.3, -0.25) is 0 Å². The minimum Gasteiger partial charge on any atom is -0.310 e. The van der Waals surface area contributed by atoms with Crippen LogP contribution in [0.3, 0.4) is 0 Å². The van der Waals surface area contributed by atoms with Crippen molar-refractivity contribution in [2.24, 2.45) is 0 Å². The molecule has 0 atom stereocenters. The standard InChI is InChI=1S/C99H87BN6/c1-61(2)68-49-91-93-92(50-68)106(95-77(66-31-23-17-24-32-66)55-72(99(12,13)14)56-78(95)67-33-25-18-26-34-67)90-58-74(104-86-44-36-63(60-102)48-80(86)82-52-70(97(6,7)8)38-46-88(82)104)40-42-84(90)100(93)83-41-39-73(103-85-43-35-62(59-101)47-79(85)81-51-69(96(3,4)5)37-45-87(81)103)57-89(83)105(91)94-75(64-27-19-15-20-28-64)53-71(98(9,10)11)54-76(94)65-29-21-16-22-30-65/h15-58,61H,1-14H3. The minimum absolute atomic E-state index is 0.0860. The van der Waals surface area contributed by atoms with Gasteiger partial charge in [-0.15, -0.1) is 0 Å². The Morgan fingerprint density at radius 2 is 0.623 bits per heavy atom. The van der Waals surface area contributed by atoms with E-state index in [1.54, 1.807) is 0 Å². The van der Waals surface area contributed by atoms with E-state index in [0.29, 0.717) is 11.1 Å². The van der Waals surface area contributed by atoms with Gasteiger partial charge in [-0.05, 0) is 215 Å². The van der Waals surface area contributed by atoms with Gasteiger partial charge in [0.25, 0.3) is 6.71 Å². The summed E-state index contributed by atoms with van der Waals surface area (Å²) in [5.41, 5.74) is 32.2. The summed E-state index contributed by atoms with van der Waals surface area (Å²) in [6, 6.07) is 105. The highest BCUT2D eigenvalue weighted by Crippen LogP contribution is 2.56. The van der Waals surface area contributed by atoms with Crippen LogP contribution in [0.2, 0.25) is 0 Å². The number of hydrogen-bond donors (Lipinski definition) is 0. The first-order valence-electron chi connectivity index (χ1n) is 37.5. The van der Waals surface area contributed by atoms with E-state index in [1.165, 1.54) is 44.2 Å². The SMILES string of the molecule is CC(C)c1cc2c3c(c1)N(c1c(-c4ccccc4)cc(C(C)(C)C)cc1-c1ccccc1)c1cc(-n4c5ccc(C#N)cc5c5cc(C(C)(C)C)ccc54)ccc1B3c1ccc(-n3c4ccc(C#N)cc4c4cc(C(C)(C)C)ccc43)cc1N2c1c(-c2ccccc2)cc(C(C)(C)C)cc1-c1ccccc1. The van der Waals surface area contributed by atoms with Gasteiger partial charge in [0.15, 0.2) is 0 Å². The molecule has 13 aromatic carbocycles. The number of benzene rings is 13. The van der Waals surface area contributed by atoms with Gasteiger partial charge in [0.05, 0.1) is 56.7 Å². The first-order valence-corrected chi connectivity index (χ1v) is 37.5. The van der Waals surface area contributed by atoms with E-state index in [0.717, 1.165) is 134 Å². The third-order valence-electron chi connectivity index (χ3n) is 22.5. The Morgan fingerprint density at radius 3 is 0.925 bits per heavy atom. The third-order valence-corrected chi connectivity index (χ3v) is 22.5. The number of nitrogens with zero attached hydrogens (tertiary/aromatic N) is 6. The van der Waals surface area contributed by atoms with Crippen LogP contribution in [0.15, 0.2) is 267 Å². The molecular formula is C99H87BN6. The molecule has 0 radical (unpaired) electrons. The minimum atomic E-state index is -0.299. The van der Waals surface area contributed by atoms with Crippen molar-refractivity contribution in [3.63, 3.8) is 0 Å². The normalized spacial score (nSPS) is 13.0. The van der Waals surface area contributed by atoms with Crippen molar-refractivity contribution < 1.29 is 0 Å². The molecule has 6 nitrogen and oxygen atoms in total. The summed E-state index contributed by atoms with van der Waals surface area (Å²) in [6.45, 7) is 32.1. The van der Waals surface area contributed by atoms with E-state index >= 15 is 0 Å². The molecule has 2 aliphatic rings. The van der Waals surface area contributed by atoms with Crippen molar-refractivity contribution in [1.82, 2.24) is 9.13 Å². The Kier molecular flexibility index (Phi) is 15.8. The van der Waals surface area contributed by atoms with Crippen LogP contribution in [0.25, 0.3) is 99.5 Å². The van der Waals surface area contributed by atoms with E-state index in [9.17, 15) is 10.5 Å². The lowest BCUT2D eigenvalue weighted by atomic mass is 9.33. The van der Waals surface area contributed by atoms with Crippen LogP contribution in [-0.2, 0) is 21.7 Å². The third kappa shape index (κ3) is 11.1. The maximum atomic E-state index is 10.6. The molecule has 516 valence electrons. The summed E-state index contributed by atoms with van der Waals surface area (Å²) in [6.07, 6.45) is 0. The predicted molar refractivity (Wildman–Crippen MR) is 449 cm³/mol. The smallest absolute Gasteiger partial charge is 0.252 e. The Balaban J connectivity index is 1.06. The van der Waals surface area contributed by atoms with E-state index < -0.39 is 0 Å². The molecule has 17 rings (SSSR count). The van der Waals surface area contributed by atoms with E-state index in [-0.39, 0.29) is 34.3 Å². The maximum absolute atomic E-state index is 10.6. The number of nitriles is 2. The van der Waals surface area contributed by atoms with Crippen LogP contribution >= 0.6 is 0 Å². The molecule has 0 saturated heterocycles. The summed E-state index contributed by atoms with van der Waals surface area (Å²) in [4.78, 5) is 5.37. The molecule has 4 heterocycles. The lowest BCUT2D eigenvalue weighted by Gasteiger charge is -2.46. The summed E-state index contributed by atoms with van der Waals surface area (Å²) >= 11 is 0. The lowest BCUT2D eigenvalue weighted by Crippen LogP contribution is -2.61. The van der Waals surface area contributed by atoms with Crippen molar-refractivity contribution in [2.75, 3.05) is 9.80 Å². The number of fused-ring (bicyclic) bond motifs is 10. The van der Waals surface area contributed by atoms with Gasteiger partial charge in [-0.25, -0.2) is 0 Å². The van der Waals surface area contributed by atoms with E-state index in [4.69, 9.17) is 0 Å². The number of aromatic nitrogens is 2. The quantitative estimate of drug-likeness (QED) is 0.135. The molecule has 0 bridgehead atoms. The van der Waals surface area contributed by atoms with Crippen molar-refractivity contribution in [3.8, 4) is 68.0 Å². The second-order valence-corrected chi connectivity index (χ2v) is 33.8. The molecule has 2 aliphatic heterocycles. The Morgan fingerprint density at radius 1 is 0.311 bits per heavy atom. The van der Waals surface area contributed by atoms with Gasteiger partial charge in [-0.1, -0.05) is 243 Å². The van der Waals surface area contributed by atoms with Gasteiger partial charge in [0, 0.05) is 77.9 Å². The van der Waals surface area contributed by atoms with Gasteiger partial charge in [-0.2, -0.15) is 10.5 Å². The van der Waals surface area contributed by atoms with Gasteiger partial charge in [0.2, 0.25) is 0 Å². The Hall–Kier alpha value is -11.9. The Labute approximate surface area is 624 Å². The second-order valence-electron chi connectivity index (χ2n) is 33.8. The molecule has 0 saturated carbocycles. The number of anilines is 6. The zero-order valence-electron chi connectivity index (χ0n) is 63.2. The van der Waals surface area contributed by atoms with Crippen LogP contribution in [0.4, 0.5) is 34.1 Å². The fourth-order valence-electron chi connectivity index (χ4n) is 16.7. The fourth-order valence-corrected chi connectivity index (χ4v) is 16.7. The second kappa shape index (κ2) is 24.9. The molecule has 7 heteroatoms. The molecule has 0 unspecified atom stereocenters. The van der Waals surface area contributed by atoms with Crippen molar-refractivity contribution in [3.05, 3.63) is 306 Å². The topological polar surface area (TPSA) is 63.9 Å². The molecule has 0 N–H and O–H groups in total. The largest absolute Gasteiger partial charge is 0.310 e. The van der Waals surface area contributed by atoms with Crippen LogP contribution < -0.4 is 26.2 Å². The van der Waals surface area contributed by atoms with Gasteiger partial charge < -0.3 is 18.9 Å². The molecule has 0 spiro atoms. The van der Waals surface area contributed by atoms with E-state index in [1.807, 2.05) is 12.1 Å². The van der Waals surface area contributed by atoms with Crippen molar-refractivity contribution in [1.29, 1.82) is 10.5 Å². The highest BCUT2D eigenvalue weighted by molar-refractivity contribution is 7.00. The number of rotatable bonds is 9. The highest BCUT2D eigenvalue weighted by atomic mass is 15.2. The molecule has 0 aliphatic carbocycles. The van der Waals surface area contributed by atoms with Crippen molar-refractivity contribution >= 4 is 101 Å². The summed E-state index contributed by atoms with van der Waals surface area (Å²) in [5.74, 6) is 0.0860. The van der Waals surface area contributed by atoms with Crippen LogP contribution in [0.5, 0.6) is 0 Å². The summed E-state index contributed by atoms with van der Waals surface area (Å²) < 4.78 is 4.88. The van der Waals surface area contributed by atoms with Crippen LogP contribution in [0.1, 0.15) is 142 Å². The molecule has 0 fully saturated rings. The highest BCUT2D eigenvalue weighted by Gasteiger charge is 2.46. The zero-order chi connectivity index (χ0) is 73.6. The summed E-state index contributed by atoms with van der Waals surface area (Å²) in [7, 11) is 0. The van der Waals surface area contributed by atoms with E-state index in [2.05, 4.69) is 383 Å². The van der Waals surface area contributed by atoms with Gasteiger partial charge >= 0.3 is 0 Å². The molecule has 0 amide bonds. The average molecular weight is 1370 g/mol. The molecular weight excluding hydrogens is 1280 g/mol. The maximum Gasteiger partial charge on any atom is 0.252 e. The van der Waals surface area contributed by atoms with Crippen LogP contribution in [0, 0.1) is 22.7 Å². The van der Waals surface area contributed by atoms with Gasteiger partial charge in [0.1, 0.15) is 0 Å². The monoisotopic (exact) mass is 1370 g/mol. The molecule has 106 heavy (non-hydrogen) atoms. The fraction of sp³-hybridized carbons (Fsp3) is 0.192. The van der Waals surface area contributed by atoms with Crippen LogP contribution in [-0.4, -0.2) is 15.8 Å². The Bertz CT molecular complexity index is 5680. The van der Waals surface area contributed by atoms with Crippen molar-refractivity contribution in [2.45, 2.75) is 125 Å². The lowest BCUT2D eigenvalue weighted by molar-refractivity contribution is 0.590. The first-order chi connectivity index (χ1) is 50.8. The molecule has 15 aromatic rings. The summed E-state index contributed by atoms with van der Waals surface area (Å²) in [5, 5.41) is 25.5. The molecule has 2 aromatic heterocycles. The average Bonchev–Trinajstić information content (AvgIpc) is 0.765. The predicted octanol–water partition coefficient (Wildman–Crippen LogP) is 24.7. The zero-order valence-corrected chi connectivity index (χ0v) is 63.2. The number of hydrogen-bond acceptors (Lipinski definition) is 4.